The van der Waals surface area contributed by atoms with E-state index in [2.05, 4.69) is 15.3 Å². The number of halogens is 5. The quantitative estimate of drug-likeness (QED) is 0.142. The third kappa shape index (κ3) is 6.90. The fourth-order valence-electron chi connectivity index (χ4n) is 4.48. The minimum atomic E-state index is -4.62. The van der Waals surface area contributed by atoms with Gasteiger partial charge in [0.2, 0.25) is 5.91 Å². The van der Waals surface area contributed by atoms with E-state index in [1.54, 1.807) is 47.4 Å². The molecule has 1 fully saturated rings. The van der Waals surface area contributed by atoms with Crippen LogP contribution in [0.1, 0.15) is 34.4 Å². The second-order valence-electron chi connectivity index (χ2n) is 9.80. The number of alkyl halides is 5. The van der Waals surface area contributed by atoms with Gasteiger partial charge < -0.3 is 16.0 Å². The van der Waals surface area contributed by atoms with Gasteiger partial charge in [-0.1, -0.05) is 12.2 Å². The van der Waals surface area contributed by atoms with Crippen molar-refractivity contribution in [3.63, 3.8) is 0 Å². The van der Waals surface area contributed by atoms with Gasteiger partial charge in [-0.3, -0.25) is 9.78 Å². The molecule has 13 heteroatoms. The van der Waals surface area contributed by atoms with E-state index in [1.165, 1.54) is 18.5 Å². The average molecular weight is 618 g/mol. The van der Waals surface area contributed by atoms with Crippen LogP contribution in [0, 0.1) is 0 Å². The maximum atomic E-state index is 14.1. The maximum Gasteiger partial charge on any atom is 0.417 e. The normalized spacial score (nSPS) is 15.3. The zero-order valence-electron chi connectivity index (χ0n) is 21.9. The molecule has 218 valence electrons. The maximum absolute atomic E-state index is 14.1. The highest BCUT2D eigenvalue weighted by Gasteiger charge is 2.35. The molecule has 1 aliphatic heterocycles. The van der Waals surface area contributed by atoms with Gasteiger partial charge in [-0.25, -0.2) is 13.8 Å². The standard InChI is InChI=1S/C29H24F5N5OS2/c30-28(31)7-9-39(10-8-28)27(41)18-3-4-23(36-15-18)19-11-20-12-21(42-26(20)22(13-19)29(32,33)34)16-38-25(40)6-2-17-1-5-24(35)37-14-17/h1-6,11-15H,7-10,16H2,(H2,35,37)(H,38,40)/b6-2+. The van der Waals surface area contributed by atoms with Crippen molar-refractivity contribution >= 4 is 56.4 Å². The van der Waals surface area contributed by atoms with E-state index in [9.17, 15) is 26.7 Å². The molecular formula is C29H24F5N5OS2. The molecule has 1 saturated heterocycles. The molecule has 1 amide bonds. The number of nitrogens with zero attached hydrogens (tertiary/aromatic N) is 3. The van der Waals surface area contributed by atoms with Crippen molar-refractivity contribution in [3.8, 4) is 11.3 Å². The third-order valence-electron chi connectivity index (χ3n) is 6.73. The number of nitrogens with two attached hydrogens (primary N) is 1. The first-order valence-electron chi connectivity index (χ1n) is 12.8. The lowest BCUT2D eigenvalue weighted by molar-refractivity contribution is -0.136. The third-order valence-corrected chi connectivity index (χ3v) is 8.41. The number of anilines is 1. The van der Waals surface area contributed by atoms with E-state index >= 15 is 0 Å². The average Bonchev–Trinajstić information content (AvgIpc) is 3.37. The van der Waals surface area contributed by atoms with Gasteiger partial charge in [-0.15, -0.1) is 11.3 Å². The summed E-state index contributed by atoms with van der Waals surface area (Å²) in [6, 6.07) is 10.8. The number of aromatic nitrogens is 2. The van der Waals surface area contributed by atoms with E-state index in [0.717, 1.165) is 17.4 Å². The Morgan fingerprint density at radius 1 is 1.10 bits per heavy atom. The van der Waals surface area contributed by atoms with Gasteiger partial charge in [0, 0.05) is 65.1 Å². The number of nitrogen functional groups attached to an aromatic ring is 1. The lowest BCUT2D eigenvalue weighted by atomic mass is 10.0. The van der Waals surface area contributed by atoms with E-state index in [0.29, 0.717) is 37.9 Å². The SMILES string of the molecule is Nc1ccc(/C=C/C(=O)NCc2cc3cc(-c4ccc(C(=S)N5CCC(F)(F)CC5)cn4)cc(C(F)(F)F)c3s2)cn1. The van der Waals surface area contributed by atoms with Gasteiger partial charge >= 0.3 is 6.18 Å². The van der Waals surface area contributed by atoms with Gasteiger partial charge in [-0.05, 0) is 59.5 Å². The van der Waals surface area contributed by atoms with Crippen LogP contribution in [0.25, 0.3) is 27.4 Å². The van der Waals surface area contributed by atoms with Crippen LogP contribution in [0.3, 0.4) is 0 Å². The molecule has 0 radical (unpaired) electrons. The number of piperidine rings is 1. The van der Waals surface area contributed by atoms with E-state index < -0.39 is 23.6 Å². The summed E-state index contributed by atoms with van der Waals surface area (Å²) >= 11 is 6.41. The van der Waals surface area contributed by atoms with Crippen molar-refractivity contribution in [2.75, 3.05) is 18.8 Å². The molecule has 1 aromatic carbocycles. The Balaban J connectivity index is 1.33. The van der Waals surface area contributed by atoms with Crippen molar-refractivity contribution in [1.29, 1.82) is 0 Å². The molecular weight excluding hydrogens is 593 g/mol. The highest BCUT2D eigenvalue weighted by Crippen LogP contribution is 2.41. The van der Waals surface area contributed by atoms with Crippen LogP contribution in [-0.2, 0) is 17.5 Å². The monoisotopic (exact) mass is 617 g/mol. The summed E-state index contributed by atoms with van der Waals surface area (Å²) in [4.78, 5) is 23.2. The van der Waals surface area contributed by atoms with Gasteiger partial charge in [0.15, 0.2) is 0 Å². The predicted octanol–water partition coefficient (Wildman–Crippen LogP) is 6.70. The van der Waals surface area contributed by atoms with Gasteiger partial charge in [0.05, 0.1) is 17.8 Å². The van der Waals surface area contributed by atoms with E-state index in [1.807, 2.05) is 0 Å². The lowest BCUT2D eigenvalue weighted by Crippen LogP contribution is -2.42. The Bertz CT molecular complexity index is 1640. The molecule has 4 heterocycles. The summed E-state index contributed by atoms with van der Waals surface area (Å²) in [6.07, 6.45) is 0.623. The molecule has 0 saturated carbocycles. The number of carbonyl (C=O) groups excluding carboxylic acids is 1. The summed E-state index contributed by atoms with van der Waals surface area (Å²) in [6.45, 7) is 0.287. The van der Waals surface area contributed by atoms with Crippen LogP contribution in [0.15, 0.2) is 60.9 Å². The van der Waals surface area contributed by atoms with E-state index in [-0.39, 0.29) is 42.7 Å². The molecule has 0 bridgehead atoms. The minimum Gasteiger partial charge on any atom is -0.384 e. The fourth-order valence-corrected chi connectivity index (χ4v) is 5.90. The Morgan fingerprint density at radius 3 is 2.50 bits per heavy atom. The van der Waals surface area contributed by atoms with Crippen molar-refractivity contribution in [2.45, 2.75) is 31.5 Å². The topological polar surface area (TPSA) is 84.1 Å². The summed E-state index contributed by atoms with van der Waals surface area (Å²) in [5, 5.41) is 3.05. The number of thiocarbonyl (C=S) groups is 1. The number of hydrogen-bond acceptors (Lipinski definition) is 6. The summed E-state index contributed by atoms with van der Waals surface area (Å²) in [5.41, 5.74) is 6.51. The van der Waals surface area contributed by atoms with Gasteiger partial charge in [-0.2, -0.15) is 13.2 Å². The van der Waals surface area contributed by atoms with Gasteiger partial charge in [0.1, 0.15) is 10.8 Å². The molecule has 6 nitrogen and oxygen atoms in total. The number of hydrogen-bond donors (Lipinski definition) is 2. The number of amides is 1. The number of benzene rings is 1. The Labute approximate surface area is 247 Å². The lowest BCUT2D eigenvalue weighted by Gasteiger charge is -2.33. The molecule has 42 heavy (non-hydrogen) atoms. The molecule has 0 atom stereocenters. The molecule has 3 N–H and O–H groups in total. The second-order valence-corrected chi connectivity index (χ2v) is 11.3. The number of thiophene rings is 1. The summed E-state index contributed by atoms with van der Waals surface area (Å²) in [5.74, 6) is -2.77. The van der Waals surface area contributed by atoms with Crippen molar-refractivity contribution < 1.29 is 26.7 Å². The van der Waals surface area contributed by atoms with Crippen LogP contribution in [0.4, 0.5) is 27.8 Å². The van der Waals surface area contributed by atoms with Crippen molar-refractivity contribution in [1.82, 2.24) is 20.2 Å². The predicted molar refractivity (Wildman–Crippen MR) is 157 cm³/mol. The largest absolute Gasteiger partial charge is 0.417 e. The Morgan fingerprint density at radius 2 is 1.86 bits per heavy atom. The van der Waals surface area contributed by atoms with Crippen molar-refractivity contribution in [3.05, 3.63) is 82.5 Å². The number of fused-ring (bicyclic) bond motifs is 1. The van der Waals surface area contributed by atoms with Crippen LogP contribution < -0.4 is 11.1 Å². The number of carbonyl (C=O) groups is 1. The number of nitrogens with one attached hydrogen (secondary N) is 1. The molecule has 0 unspecified atom stereocenters. The van der Waals surface area contributed by atoms with Crippen LogP contribution in [0.5, 0.6) is 0 Å². The van der Waals surface area contributed by atoms with E-state index in [4.69, 9.17) is 18.0 Å². The smallest absolute Gasteiger partial charge is 0.384 e. The van der Waals surface area contributed by atoms with Crippen LogP contribution >= 0.6 is 23.6 Å². The highest BCUT2D eigenvalue weighted by atomic mass is 32.1. The number of rotatable bonds is 6. The number of likely N-dealkylation sites (tertiary alicyclic amines) is 1. The summed E-state index contributed by atoms with van der Waals surface area (Å²) in [7, 11) is 0. The Hall–Kier alpha value is -3.97. The molecule has 0 aliphatic carbocycles. The second kappa shape index (κ2) is 11.7. The molecule has 4 aromatic rings. The molecule has 5 rings (SSSR count). The van der Waals surface area contributed by atoms with Gasteiger partial charge in [0.25, 0.3) is 5.92 Å². The summed E-state index contributed by atoms with van der Waals surface area (Å²) < 4.78 is 69.3. The van der Waals surface area contributed by atoms with Crippen molar-refractivity contribution in [2.24, 2.45) is 0 Å². The zero-order chi connectivity index (χ0) is 30.1. The molecule has 3 aromatic heterocycles. The minimum absolute atomic E-state index is 0.0436. The van der Waals surface area contributed by atoms with Crippen LogP contribution in [-0.4, -0.2) is 44.8 Å². The fraction of sp³-hybridized carbons (Fsp3) is 0.241. The van der Waals surface area contributed by atoms with Crippen LogP contribution in [0.2, 0.25) is 0 Å². The first-order valence-corrected chi connectivity index (χ1v) is 14.1. The molecule has 0 spiro atoms. The first-order chi connectivity index (χ1) is 19.9. The number of pyridine rings is 2. The molecule has 1 aliphatic rings. The highest BCUT2D eigenvalue weighted by molar-refractivity contribution is 7.80. The zero-order valence-corrected chi connectivity index (χ0v) is 23.6. The first kappa shape index (κ1) is 29.5. The Kier molecular flexibility index (Phi) is 8.24.